The Hall–Kier alpha value is -1.33. The summed E-state index contributed by atoms with van der Waals surface area (Å²) in [6, 6.07) is 8.44. The van der Waals surface area contributed by atoms with Gasteiger partial charge in [-0.05, 0) is 43.2 Å². The molecule has 0 fully saturated rings. The molecule has 2 aromatic heterocycles. The summed E-state index contributed by atoms with van der Waals surface area (Å²) in [5, 5.41) is 0. The van der Waals surface area contributed by atoms with Crippen LogP contribution >= 0.6 is 27.3 Å². The Bertz CT molecular complexity index is 868. The van der Waals surface area contributed by atoms with Crippen LogP contribution in [0, 0.1) is 13.8 Å². The molecule has 0 bridgehead atoms. The van der Waals surface area contributed by atoms with Crippen molar-refractivity contribution in [3.8, 4) is 0 Å². The van der Waals surface area contributed by atoms with Crippen LogP contribution in [0.25, 0.3) is 11.0 Å². The second-order valence-electron chi connectivity index (χ2n) is 5.40. The number of benzene rings is 1. The summed E-state index contributed by atoms with van der Waals surface area (Å²) < 4.78 is 3.38. The van der Waals surface area contributed by atoms with Crippen molar-refractivity contribution in [1.29, 1.82) is 0 Å². The molecule has 0 spiro atoms. The predicted octanol–water partition coefficient (Wildman–Crippen LogP) is 4.04. The lowest BCUT2D eigenvalue weighted by Crippen LogP contribution is -2.19. The van der Waals surface area contributed by atoms with Crippen LogP contribution in [0.1, 0.15) is 25.7 Å². The molecule has 0 radical (unpaired) electrons. The van der Waals surface area contributed by atoms with Crippen LogP contribution in [-0.4, -0.2) is 9.13 Å². The quantitative estimate of drug-likeness (QED) is 0.630. The zero-order valence-corrected chi connectivity index (χ0v) is 14.9. The number of imidazole rings is 1. The number of fused-ring (bicyclic) bond motifs is 1. The highest BCUT2D eigenvalue weighted by molar-refractivity contribution is 9.09. The molecular weight excluding hydrogens is 348 g/mol. The van der Waals surface area contributed by atoms with Gasteiger partial charge < -0.3 is 0 Å². The third-order valence-corrected chi connectivity index (χ3v) is 6.57. The molecule has 3 rings (SSSR count). The Morgan fingerprint density at radius 2 is 1.76 bits per heavy atom. The molecule has 2 heterocycles. The van der Waals surface area contributed by atoms with Crippen molar-refractivity contribution < 1.29 is 0 Å². The van der Waals surface area contributed by atoms with Crippen molar-refractivity contribution in [2.45, 2.75) is 18.7 Å². The number of hydrogen-bond donors (Lipinski definition) is 0. The van der Waals surface area contributed by atoms with Crippen LogP contribution in [0.5, 0.6) is 0 Å². The number of alkyl halides is 1. The topological polar surface area (TPSA) is 26.9 Å². The maximum absolute atomic E-state index is 12.0. The van der Waals surface area contributed by atoms with Gasteiger partial charge >= 0.3 is 5.69 Å². The molecule has 0 aliphatic carbocycles. The van der Waals surface area contributed by atoms with Gasteiger partial charge in [-0.3, -0.25) is 9.13 Å². The van der Waals surface area contributed by atoms with Crippen LogP contribution in [-0.2, 0) is 14.1 Å². The molecule has 110 valence electrons. The highest BCUT2D eigenvalue weighted by Gasteiger charge is 2.16. The predicted molar refractivity (Wildman–Crippen MR) is 92.7 cm³/mol. The molecule has 1 aromatic carbocycles. The molecule has 0 saturated heterocycles. The highest BCUT2D eigenvalue weighted by atomic mass is 79.9. The largest absolute Gasteiger partial charge is 0.328 e. The second-order valence-corrected chi connectivity index (χ2v) is 7.60. The molecular formula is C16H17BrN2OS. The Balaban J connectivity index is 2.12. The molecule has 0 saturated carbocycles. The minimum atomic E-state index is 0.0103. The van der Waals surface area contributed by atoms with Crippen molar-refractivity contribution in [3.05, 3.63) is 55.6 Å². The first-order valence-corrected chi connectivity index (χ1v) is 8.49. The third kappa shape index (κ3) is 2.28. The van der Waals surface area contributed by atoms with Gasteiger partial charge in [0.1, 0.15) is 0 Å². The zero-order valence-electron chi connectivity index (χ0n) is 12.5. The molecule has 5 heteroatoms. The number of aromatic nitrogens is 2. The molecule has 21 heavy (non-hydrogen) atoms. The average Bonchev–Trinajstić information content (AvgIpc) is 2.92. The normalized spacial score (nSPS) is 13.0. The van der Waals surface area contributed by atoms with E-state index in [9.17, 15) is 4.79 Å². The van der Waals surface area contributed by atoms with E-state index < -0.39 is 0 Å². The fourth-order valence-corrected chi connectivity index (χ4v) is 4.32. The second kappa shape index (κ2) is 5.14. The summed E-state index contributed by atoms with van der Waals surface area (Å²) in [6.45, 7) is 4.28. The van der Waals surface area contributed by atoms with Crippen LogP contribution < -0.4 is 5.69 Å². The summed E-state index contributed by atoms with van der Waals surface area (Å²) in [6.07, 6.45) is 0. The van der Waals surface area contributed by atoms with Crippen LogP contribution in [0.4, 0.5) is 0 Å². The summed E-state index contributed by atoms with van der Waals surface area (Å²) in [7, 11) is 3.62. The van der Waals surface area contributed by atoms with E-state index in [1.807, 2.05) is 31.5 Å². The van der Waals surface area contributed by atoms with Gasteiger partial charge in [-0.1, -0.05) is 22.0 Å². The standard InChI is InChI=1S/C16H17BrN2OS/c1-9-7-14(21-10(9)2)15(17)11-5-6-12-13(8-11)19(4)16(20)18(12)3/h5-8,15H,1-4H3. The van der Waals surface area contributed by atoms with Gasteiger partial charge in [0.2, 0.25) is 0 Å². The van der Waals surface area contributed by atoms with E-state index in [2.05, 4.69) is 48.0 Å². The van der Waals surface area contributed by atoms with Gasteiger partial charge in [0.15, 0.2) is 0 Å². The van der Waals surface area contributed by atoms with E-state index in [1.165, 1.54) is 20.9 Å². The van der Waals surface area contributed by atoms with Gasteiger partial charge in [0, 0.05) is 23.8 Å². The first kappa shape index (κ1) is 14.6. The number of hydrogen-bond acceptors (Lipinski definition) is 2. The molecule has 0 N–H and O–H groups in total. The van der Waals surface area contributed by atoms with E-state index >= 15 is 0 Å². The van der Waals surface area contributed by atoms with E-state index in [4.69, 9.17) is 0 Å². The van der Waals surface area contributed by atoms with E-state index in [0.717, 1.165) is 11.0 Å². The van der Waals surface area contributed by atoms with Crippen LogP contribution in [0.2, 0.25) is 0 Å². The number of halogens is 1. The number of rotatable bonds is 2. The molecule has 3 nitrogen and oxygen atoms in total. The van der Waals surface area contributed by atoms with E-state index in [1.54, 1.807) is 9.13 Å². The van der Waals surface area contributed by atoms with Crippen molar-refractivity contribution in [1.82, 2.24) is 9.13 Å². The molecule has 0 aliphatic rings. The maximum Gasteiger partial charge on any atom is 0.328 e. The number of thiophene rings is 1. The lowest BCUT2D eigenvalue weighted by molar-refractivity contribution is 0.795. The van der Waals surface area contributed by atoms with Crippen molar-refractivity contribution in [2.24, 2.45) is 14.1 Å². The third-order valence-electron chi connectivity index (χ3n) is 4.02. The van der Waals surface area contributed by atoms with Gasteiger partial charge in [-0.25, -0.2) is 4.79 Å². The first-order valence-electron chi connectivity index (χ1n) is 6.76. The average molecular weight is 365 g/mol. The molecule has 0 aliphatic heterocycles. The lowest BCUT2D eigenvalue weighted by atomic mass is 10.1. The Labute approximate surface area is 136 Å². The molecule has 3 aromatic rings. The highest BCUT2D eigenvalue weighted by Crippen LogP contribution is 2.37. The SMILES string of the molecule is Cc1cc(C(Br)c2ccc3c(c2)n(C)c(=O)n3C)sc1C. The maximum atomic E-state index is 12.0. The summed E-state index contributed by atoms with van der Waals surface area (Å²) in [5.74, 6) is 0. The van der Waals surface area contributed by atoms with Crippen molar-refractivity contribution in [2.75, 3.05) is 0 Å². The van der Waals surface area contributed by atoms with Gasteiger partial charge in [0.05, 0.1) is 15.9 Å². The Morgan fingerprint density at radius 1 is 1.10 bits per heavy atom. The minimum Gasteiger partial charge on any atom is -0.295 e. The molecule has 0 amide bonds. The van der Waals surface area contributed by atoms with Crippen molar-refractivity contribution in [3.63, 3.8) is 0 Å². The number of nitrogens with zero attached hydrogens (tertiary/aromatic N) is 2. The summed E-state index contributed by atoms with van der Waals surface area (Å²) in [4.78, 5) is 14.8. The fraction of sp³-hybridized carbons (Fsp3) is 0.312. The van der Waals surface area contributed by atoms with Crippen molar-refractivity contribution >= 4 is 38.3 Å². The molecule has 1 atom stereocenters. The monoisotopic (exact) mass is 364 g/mol. The Morgan fingerprint density at radius 3 is 2.38 bits per heavy atom. The van der Waals surface area contributed by atoms with E-state index in [0.29, 0.717) is 0 Å². The van der Waals surface area contributed by atoms with Crippen LogP contribution in [0.15, 0.2) is 29.1 Å². The minimum absolute atomic E-state index is 0.0103. The van der Waals surface area contributed by atoms with Gasteiger partial charge in [0.25, 0.3) is 0 Å². The first-order chi connectivity index (χ1) is 9.90. The van der Waals surface area contributed by atoms with Crippen LogP contribution in [0.3, 0.4) is 0 Å². The number of aryl methyl sites for hydroxylation is 4. The lowest BCUT2D eigenvalue weighted by Gasteiger charge is -2.09. The fourth-order valence-electron chi connectivity index (χ4n) is 2.57. The van der Waals surface area contributed by atoms with E-state index in [-0.39, 0.29) is 10.5 Å². The molecule has 1 unspecified atom stereocenters. The summed E-state index contributed by atoms with van der Waals surface area (Å²) >= 11 is 5.61. The van der Waals surface area contributed by atoms with Gasteiger partial charge in [-0.2, -0.15) is 0 Å². The van der Waals surface area contributed by atoms with Gasteiger partial charge in [-0.15, -0.1) is 11.3 Å². The summed E-state index contributed by atoms with van der Waals surface area (Å²) in [5.41, 5.74) is 4.44. The zero-order chi connectivity index (χ0) is 15.3. The Kier molecular flexibility index (Phi) is 3.58. The smallest absolute Gasteiger partial charge is 0.295 e.